The van der Waals surface area contributed by atoms with Gasteiger partial charge in [-0.05, 0) is 25.2 Å². The molecule has 2 aromatic rings. The van der Waals surface area contributed by atoms with Crippen molar-refractivity contribution in [2.24, 2.45) is 5.92 Å². The Balaban J connectivity index is 2.16. The minimum Gasteiger partial charge on any atom is -0.468 e. The molecule has 0 spiro atoms. The van der Waals surface area contributed by atoms with Crippen LogP contribution in [0.15, 0.2) is 23.4 Å². The van der Waals surface area contributed by atoms with Gasteiger partial charge in [-0.3, -0.25) is 14.6 Å². The Kier molecular flexibility index (Phi) is 4.30. The summed E-state index contributed by atoms with van der Waals surface area (Å²) in [5.41, 5.74) is 2.12. The van der Waals surface area contributed by atoms with Crippen molar-refractivity contribution in [2.75, 3.05) is 20.5 Å². The molecule has 0 aliphatic carbocycles. The summed E-state index contributed by atoms with van der Waals surface area (Å²) in [6.45, 7) is 0. The zero-order valence-electron chi connectivity index (χ0n) is 13.2. The normalized spacial score (nSPS) is 16.6. The van der Waals surface area contributed by atoms with Gasteiger partial charge < -0.3 is 14.0 Å². The first-order valence-electron chi connectivity index (χ1n) is 7.29. The van der Waals surface area contributed by atoms with Gasteiger partial charge in [0.25, 0.3) is 0 Å². The Hall–Kier alpha value is -2.02. The van der Waals surface area contributed by atoms with E-state index in [2.05, 4.69) is 15.6 Å². The molecule has 23 heavy (non-hydrogen) atoms. The van der Waals surface area contributed by atoms with E-state index in [0.717, 1.165) is 27.9 Å². The van der Waals surface area contributed by atoms with E-state index < -0.39 is 17.9 Å². The molecule has 0 aromatic carbocycles. The van der Waals surface area contributed by atoms with E-state index in [4.69, 9.17) is 9.47 Å². The third kappa shape index (κ3) is 2.49. The van der Waals surface area contributed by atoms with Gasteiger partial charge in [0, 0.05) is 28.4 Å². The van der Waals surface area contributed by atoms with E-state index in [9.17, 15) is 9.59 Å². The van der Waals surface area contributed by atoms with Crippen LogP contribution in [-0.4, -0.2) is 42.0 Å². The van der Waals surface area contributed by atoms with Gasteiger partial charge in [0.1, 0.15) is 0 Å². The number of carbonyl (C=O) groups excluding carboxylic acids is 2. The average Bonchev–Trinajstić information content (AvgIpc) is 3.13. The standard InChI is InChI=1S/C16H18N2O4S/c1-21-15(19)13(16(20)22-2)11-5-4-10-6-9-7-17-8-12(23-3)14(9)18(10)11/h6-8,11,13H,4-5H2,1-3H3. The largest absolute Gasteiger partial charge is 0.468 e. The van der Waals surface area contributed by atoms with Gasteiger partial charge in [0.15, 0.2) is 5.92 Å². The Morgan fingerprint density at radius 2 is 2.00 bits per heavy atom. The van der Waals surface area contributed by atoms with Crippen LogP contribution in [0.2, 0.25) is 0 Å². The minimum absolute atomic E-state index is 0.296. The second-order valence-electron chi connectivity index (χ2n) is 5.42. The van der Waals surface area contributed by atoms with Crippen LogP contribution >= 0.6 is 11.8 Å². The highest BCUT2D eigenvalue weighted by Gasteiger charge is 2.42. The molecule has 7 heteroatoms. The summed E-state index contributed by atoms with van der Waals surface area (Å²) < 4.78 is 11.8. The van der Waals surface area contributed by atoms with Gasteiger partial charge in [-0.1, -0.05) is 0 Å². The number of hydrogen-bond donors (Lipinski definition) is 0. The van der Waals surface area contributed by atoms with Crippen LogP contribution in [0, 0.1) is 5.92 Å². The number of esters is 2. The van der Waals surface area contributed by atoms with Crippen LogP contribution in [-0.2, 0) is 25.5 Å². The third-order valence-electron chi connectivity index (χ3n) is 4.33. The summed E-state index contributed by atoms with van der Waals surface area (Å²) in [5.74, 6) is -2.07. The van der Waals surface area contributed by atoms with Crippen molar-refractivity contribution in [1.82, 2.24) is 9.55 Å². The number of pyridine rings is 1. The summed E-state index contributed by atoms with van der Waals surface area (Å²) in [7, 11) is 2.58. The first-order chi connectivity index (χ1) is 11.1. The molecule has 3 heterocycles. The van der Waals surface area contributed by atoms with Gasteiger partial charge in [0.05, 0.1) is 25.8 Å². The van der Waals surface area contributed by atoms with Crippen molar-refractivity contribution in [3.8, 4) is 0 Å². The zero-order valence-corrected chi connectivity index (χ0v) is 14.1. The molecule has 0 fully saturated rings. The topological polar surface area (TPSA) is 70.4 Å². The molecule has 1 unspecified atom stereocenters. The molecule has 0 saturated carbocycles. The zero-order chi connectivity index (χ0) is 16.6. The van der Waals surface area contributed by atoms with Gasteiger partial charge in [0.2, 0.25) is 0 Å². The van der Waals surface area contributed by atoms with Crippen molar-refractivity contribution in [3.63, 3.8) is 0 Å². The summed E-state index contributed by atoms with van der Waals surface area (Å²) >= 11 is 1.60. The molecular formula is C16H18N2O4S. The Labute approximate surface area is 138 Å². The fraction of sp³-hybridized carbons (Fsp3) is 0.438. The van der Waals surface area contributed by atoms with Crippen LogP contribution in [0.25, 0.3) is 10.9 Å². The summed E-state index contributed by atoms with van der Waals surface area (Å²) in [4.78, 5) is 29.6. The molecule has 0 amide bonds. The Morgan fingerprint density at radius 3 is 2.61 bits per heavy atom. The number of ether oxygens (including phenoxy) is 2. The van der Waals surface area contributed by atoms with Gasteiger partial charge in [-0.2, -0.15) is 0 Å². The van der Waals surface area contributed by atoms with E-state index in [1.54, 1.807) is 18.0 Å². The monoisotopic (exact) mass is 334 g/mol. The van der Waals surface area contributed by atoms with Crippen molar-refractivity contribution in [2.45, 2.75) is 23.8 Å². The van der Waals surface area contributed by atoms with E-state index >= 15 is 0 Å². The summed E-state index contributed by atoms with van der Waals surface area (Å²) in [6.07, 6.45) is 7.11. The highest BCUT2D eigenvalue weighted by Crippen LogP contribution is 2.40. The lowest BCUT2D eigenvalue weighted by Gasteiger charge is -2.22. The first-order valence-corrected chi connectivity index (χ1v) is 8.52. The molecule has 3 rings (SSSR count). The van der Waals surface area contributed by atoms with Gasteiger partial charge >= 0.3 is 11.9 Å². The van der Waals surface area contributed by atoms with Gasteiger partial charge in [-0.15, -0.1) is 11.8 Å². The predicted molar refractivity (Wildman–Crippen MR) is 86.4 cm³/mol. The molecule has 0 radical (unpaired) electrons. The quantitative estimate of drug-likeness (QED) is 0.485. The van der Waals surface area contributed by atoms with Crippen LogP contribution < -0.4 is 0 Å². The molecular weight excluding hydrogens is 316 g/mol. The smallest absolute Gasteiger partial charge is 0.322 e. The number of thioether (sulfide) groups is 1. The number of hydrogen-bond acceptors (Lipinski definition) is 6. The number of aryl methyl sites for hydroxylation is 1. The van der Waals surface area contributed by atoms with Crippen molar-refractivity contribution >= 4 is 34.6 Å². The van der Waals surface area contributed by atoms with Crippen molar-refractivity contribution in [3.05, 3.63) is 24.2 Å². The third-order valence-corrected chi connectivity index (χ3v) is 5.07. The second-order valence-corrected chi connectivity index (χ2v) is 6.26. The molecule has 2 aromatic heterocycles. The highest BCUT2D eigenvalue weighted by molar-refractivity contribution is 7.98. The molecule has 1 atom stereocenters. The van der Waals surface area contributed by atoms with E-state index in [-0.39, 0.29) is 6.04 Å². The lowest BCUT2D eigenvalue weighted by molar-refractivity contribution is -0.160. The maximum absolute atomic E-state index is 12.2. The first kappa shape index (κ1) is 15.9. The predicted octanol–water partition coefficient (Wildman–Crippen LogP) is 2.21. The Bertz CT molecular complexity index is 755. The van der Waals surface area contributed by atoms with E-state index in [0.29, 0.717) is 6.42 Å². The lowest BCUT2D eigenvalue weighted by Crippen LogP contribution is -2.33. The molecule has 6 nitrogen and oxygen atoms in total. The van der Waals surface area contributed by atoms with Gasteiger partial charge in [-0.25, -0.2) is 0 Å². The fourth-order valence-electron chi connectivity index (χ4n) is 3.33. The summed E-state index contributed by atoms with van der Waals surface area (Å²) in [5, 5.41) is 1.02. The number of methoxy groups -OCH3 is 2. The molecule has 0 bridgehead atoms. The van der Waals surface area contributed by atoms with Crippen molar-refractivity contribution < 1.29 is 19.1 Å². The lowest BCUT2D eigenvalue weighted by atomic mass is 9.97. The second kappa shape index (κ2) is 6.23. The SMILES string of the molecule is COC(=O)C(C(=O)OC)C1CCc2cc3cncc(SC)c3n21. The van der Waals surface area contributed by atoms with Crippen LogP contribution in [0.1, 0.15) is 18.2 Å². The molecule has 122 valence electrons. The van der Waals surface area contributed by atoms with Crippen LogP contribution in [0.3, 0.4) is 0 Å². The Morgan fingerprint density at radius 1 is 1.30 bits per heavy atom. The van der Waals surface area contributed by atoms with Crippen LogP contribution in [0.5, 0.6) is 0 Å². The number of nitrogens with zero attached hydrogens (tertiary/aromatic N) is 2. The highest BCUT2D eigenvalue weighted by atomic mass is 32.2. The number of carbonyl (C=O) groups is 2. The average molecular weight is 334 g/mol. The summed E-state index contributed by atoms with van der Waals surface area (Å²) in [6, 6.07) is 1.78. The fourth-order valence-corrected chi connectivity index (χ4v) is 3.91. The maximum atomic E-state index is 12.2. The van der Waals surface area contributed by atoms with E-state index in [1.807, 2.05) is 12.5 Å². The maximum Gasteiger partial charge on any atom is 0.322 e. The van der Waals surface area contributed by atoms with Crippen LogP contribution in [0.4, 0.5) is 0 Å². The van der Waals surface area contributed by atoms with Crippen molar-refractivity contribution in [1.29, 1.82) is 0 Å². The number of fused-ring (bicyclic) bond motifs is 3. The molecule has 0 saturated heterocycles. The molecule has 1 aliphatic heterocycles. The molecule has 1 aliphatic rings. The molecule has 0 N–H and O–H groups in total. The number of rotatable bonds is 4. The minimum atomic E-state index is -0.954. The van der Waals surface area contributed by atoms with E-state index in [1.165, 1.54) is 14.2 Å². The number of aromatic nitrogens is 2.